The SMILES string of the molecule is CC(CO)(NC(=O)c1nn(-c2ccccc2F)c2c1CCC2)C1CC1. The van der Waals surface area contributed by atoms with Crippen LogP contribution in [-0.4, -0.2) is 32.9 Å². The van der Waals surface area contributed by atoms with Crippen molar-refractivity contribution in [2.24, 2.45) is 5.92 Å². The van der Waals surface area contributed by atoms with E-state index in [4.69, 9.17) is 0 Å². The molecule has 0 spiro atoms. The summed E-state index contributed by atoms with van der Waals surface area (Å²) < 4.78 is 15.8. The maximum atomic E-state index is 14.2. The number of hydrogen-bond donors (Lipinski definition) is 2. The fourth-order valence-electron chi connectivity index (χ4n) is 3.75. The lowest BCUT2D eigenvalue weighted by Crippen LogP contribution is -2.51. The first-order valence-corrected chi connectivity index (χ1v) is 8.82. The van der Waals surface area contributed by atoms with E-state index in [1.165, 1.54) is 6.07 Å². The zero-order valence-electron chi connectivity index (χ0n) is 14.3. The summed E-state index contributed by atoms with van der Waals surface area (Å²) >= 11 is 0. The Labute approximate surface area is 145 Å². The first-order chi connectivity index (χ1) is 12.0. The molecular formula is C19H22FN3O2. The second-order valence-electron chi connectivity index (χ2n) is 7.29. The van der Waals surface area contributed by atoms with Gasteiger partial charge in [-0.25, -0.2) is 9.07 Å². The number of aliphatic hydroxyl groups is 1. The molecule has 2 aromatic rings. The van der Waals surface area contributed by atoms with Crippen LogP contribution in [0.3, 0.4) is 0 Å². The highest BCUT2D eigenvalue weighted by Gasteiger charge is 2.43. The molecule has 2 N–H and O–H groups in total. The zero-order valence-corrected chi connectivity index (χ0v) is 14.3. The van der Waals surface area contributed by atoms with Gasteiger partial charge in [0.15, 0.2) is 5.69 Å². The van der Waals surface area contributed by atoms with Gasteiger partial charge in [-0.1, -0.05) is 12.1 Å². The molecule has 6 heteroatoms. The average Bonchev–Trinajstić information content (AvgIpc) is 3.25. The third-order valence-electron chi connectivity index (χ3n) is 5.43. The predicted octanol–water partition coefficient (Wildman–Crippen LogP) is 2.39. The van der Waals surface area contributed by atoms with E-state index in [-0.39, 0.29) is 18.3 Å². The molecule has 0 radical (unpaired) electrons. The van der Waals surface area contributed by atoms with Crippen LogP contribution in [0.1, 0.15) is 47.9 Å². The highest BCUT2D eigenvalue weighted by atomic mass is 19.1. The molecule has 0 aliphatic heterocycles. The Morgan fingerprint density at radius 3 is 2.84 bits per heavy atom. The Morgan fingerprint density at radius 2 is 2.16 bits per heavy atom. The number of para-hydroxylation sites is 1. The van der Waals surface area contributed by atoms with Gasteiger partial charge in [0.25, 0.3) is 5.91 Å². The Hall–Kier alpha value is -2.21. The van der Waals surface area contributed by atoms with Crippen LogP contribution in [0, 0.1) is 11.7 Å². The third kappa shape index (κ3) is 2.74. The van der Waals surface area contributed by atoms with Crippen molar-refractivity contribution in [3.8, 4) is 5.69 Å². The highest BCUT2D eigenvalue weighted by Crippen LogP contribution is 2.39. The van der Waals surface area contributed by atoms with Gasteiger partial charge in [0.05, 0.1) is 12.1 Å². The van der Waals surface area contributed by atoms with Gasteiger partial charge in [-0.3, -0.25) is 4.79 Å². The number of hydrogen-bond acceptors (Lipinski definition) is 3. The summed E-state index contributed by atoms with van der Waals surface area (Å²) in [6.45, 7) is 1.77. The maximum Gasteiger partial charge on any atom is 0.272 e. The van der Waals surface area contributed by atoms with Gasteiger partial charge < -0.3 is 10.4 Å². The monoisotopic (exact) mass is 343 g/mol. The summed E-state index contributed by atoms with van der Waals surface area (Å²) in [5, 5.41) is 17.1. The molecule has 1 aromatic carbocycles. The number of carbonyl (C=O) groups excluding carboxylic acids is 1. The van der Waals surface area contributed by atoms with Crippen molar-refractivity contribution < 1.29 is 14.3 Å². The van der Waals surface area contributed by atoms with Crippen molar-refractivity contribution in [1.29, 1.82) is 0 Å². The average molecular weight is 343 g/mol. The van der Waals surface area contributed by atoms with Crippen LogP contribution in [0.25, 0.3) is 5.69 Å². The van der Waals surface area contributed by atoms with Crippen molar-refractivity contribution in [3.05, 3.63) is 47.0 Å². The fourth-order valence-corrected chi connectivity index (χ4v) is 3.75. The molecule has 1 heterocycles. The summed E-state index contributed by atoms with van der Waals surface area (Å²) in [6.07, 6.45) is 4.51. The summed E-state index contributed by atoms with van der Waals surface area (Å²) in [4.78, 5) is 12.8. The second kappa shape index (κ2) is 5.95. The molecule has 1 atom stereocenters. The zero-order chi connectivity index (χ0) is 17.6. The molecule has 1 aromatic heterocycles. The first-order valence-electron chi connectivity index (χ1n) is 8.82. The second-order valence-corrected chi connectivity index (χ2v) is 7.29. The summed E-state index contributed by atoms with van der Waals surface area (Å²) in [6, 6.07) is 6.47. The lowest BCUT2D eigenvalue weighted by atomic mass is 9.96. The van der Waals surface area contributed by atoms with Crippen molar-refractivity contribution >= 4 is 5.91 Å². The summed E-state index contributed by atoms with van der Waals surface area (Å²) in [5.41, 5.74) is 1.91. The smallest absolute Gasteiger partial charge is 0.272 e. The van der Waals surface area contributed by atoms with Crippen LogP contribution >= 0.6 is 0 Å². The summed E-state index contributed by atoms with van der Waals surface area (Å²) in [5.74, 6) is -0.329. The minimum Gasteiger partial charge on any atom is -0.394 e. The number of benzene rings is 1. The maximum absolute atomic E-state index is 14.2. The van der Waals surface area contributed by atoms with Crippen LogP contribution in [0.2, 0.25) is 0 Å². The van der Waals surface area contributed by atoms with E-state index < -0.39 is 5.54 Å². The largest absolute Gasteiger partial charge is 0.394 e. The molecule has 1 amide bonds. The number of aromatic nitrogens is 2. The van der Waals surface area contributed by atoms with E-state index in [2.05, 4.69) is 10.4 Å². The number of fused-ring (bicyclic) bond motifs is 1. The van der Waals surface area contributed by atoms with Crippen LogP contribution in [0.4, 0.5) is 4.39 Å². The number of carbonyl (C=O) groups is 1. The molecule has 0 bridgehead atoms. The minimum atomic E-state index is -0.621. The molecule has 132 valence electrons. The lowest BCUT2D eigenvalue weighted by Gasteiger charge is -2.28. The number of halogens is 1. The molecule has 2 aliphatic carbocycles. The van der Waals surface area contributed by atoms with Gasteiger partial charge in [0.1, 0.15) is 11.5 Å². The lowest BCUT2D eigenvalue weighted by molar-refractivity contribution is 0.0818. The fraction of sp³-hybridized carbons (Fsp3) is 0.474. The van der Waals surface area contributed by atoms with Crippen LogP contribution < -0.4 is 5.32 Å². The first kappa shape index (κ1) is 16.3. The number of nitrogens with one attached hydrogen (secondary N) is 1. The Morgan fingerprint density at radius 1 is 1.40 bits per heavy atom. The van der Waals surface area contributed by atoms with Gasteiger partial charge in [-0.15, -0.1) is 0 Å². The molecule has 25 heavy (non-hydrogen) atoms. The van der Waals surface area contributed by atoms with E-state index in [0.717, 1.165) is 43.4 Å². The number of nitrogens with zero attached hydrogens (tertiary/aromatic N) is 2. The molecule has 4 rings (SSSR count). The molecule has 1 saturated carbocycles. The number of aliphatic hydroxyl groups excluding tert-OH is 1. The van der Waals surface area contributed by atoms with Crippen molar-refractivity contribution in [1.82, 2.24) is 15.1 Å². The Bertz CT molecular complexity index is 828. The Balaban J connectivity index is 1.70. The van der Waals surface area contributed by atoms with Crippen LogP contribution in [-0.2, 0) is 12.8 Å². The standard InChI is InChI=1S/C19H22FN3O2/c1-19(11-24,12-9-10-12)21-18(25)17-13-5-4-8-15(13)23(22-17)16-7-3-2-6-14(16)20/h2-3,6-7,12,24H,4-5,8-11H2,1H3,(H,21,25). The molecule has 5 nitrogen and oxygen atoms in total. The predicted molar refractivity (Wildman–Crippen MR) is 91.2 cm³/mol. The van der Waals surface area contributed by atoms with Gasteiger partial charge in [0.2, 0.25) is 0 Å². The van der Waals surface area contributed by atoms with E-state index in [1.807, 2.05) is 6.92 Å². The topological polar surface area (TPSA) is 67.2 Å². The quantitative estimate of drug-likeness (QED) is 0.876. The summed E-state index contributed by atoms with van der Waals surface area (Å²) in [7, 11) is 0. The van der Waals surface area contributed by atoms with E-state index >= 15 is 0 Å². The molecule has 1 unspecified atom stereocenters. The molecule has 1 fully saturated rings. The van der Waals surface area contributed by atoms with E-state index in [9.17, 15) is 14.3 Å². The van der Waals surface area contributed by atoms with Gasteiger partial charge in [0, 0.05) is 11.3 Å². The molecule has 0 saturated heterocycles. The number of rotatable bonds is 5. The van der Waals surface area contributed by atoms with Crippen molar-refractivity contribution in [2.45, 2.75) is 44.6 Å². The van der Waals surface area contributed by atoms with Crippen molar-refractivity contribution in [2.75, 3.05) is 6.61 Å². The van der Waals surface area contributed by atoms with Crippen LogP contribution in [0.15, 0.2) is 24.3 Å². The molecular weight excluding hydrogens is 321 g/mol. The van der Waals surface area contributed by atoms with Gasteiger partial charge in [-0.2, -0.15) is 5.10 Å². The van der Waals surface area contributed by atoms with Crippen molar-refractivity contribution in [3.63, 3.8) is 0 Å². The number of amides is 1. The normalized spacial score (nSPS) is 18.7. The highest BCUT2D eigenvalue weighted by molar-refractivity contribution is 5.94. The van der Waals surface area contributed by atoms with Gasteiger partial charge in [-0.05, 0) is 57.1 Å². The Kier molecular flexibility index (Phi) is 3.87. The van der Waals surface area contributed by atoms with Crippen LogP contribution in [0.5, 0.6) is 0 Å². The minimum absolute atomic E-state index is 0.0976. The third-order valence-corrected chi connectivity index (χ3v) is 5.43. The molecule has 2 aliphatic rings. The van der Waals surface area contributed by atoms with E-state index in [1.54, 1.807) is 22.9 Å². The van der Waals surface area contributed by atoms with Gasteiger partial charge >= 0.3 is 0 Å². The van der Waals surface area contributed by atoms with E-state index in [0.29, 0.717) is 17.3 Å².